The molecule has 0 heterocycles. The molecule has 0 aromatic carbocycles. The van der Waals surface area contributed by atoms with E-state index in [4.69, 9.17) is 0 Å². The molecule has 2 unspecified atom stereocenters. The van der Waals surface area contributed by atoms with Gasteiger partial charge in [-0.25, -0.2) is 0 Å². The standard InChI is InChI=1S/C14H27NO2S/c1-3-5-6-10-18-12-8-7-9-14(11-12,13(16)17)15-4-2/h12,15H,3-11H2,1-2H3,(H,16,17). The highest BCUT2D eigenvalue weighted by Crippen LogP contribution is 2.35. The van der Waals surface area contributed by atoms with Crippen LogP contribution in [0.15, 0.2) is 0 Å². The van der Waals surface area contributed by atoms with Gasteiger partial charge >= 0.3 is 5.97 Å². The van der Waals surface area contributed by atoms with Crippen LogP contribution in [0.4, 0.5) is 0 Å². The highest BCUT2D eigenvalue weighted by atomic mass is 32.2. The van der Waals surface area contributed by atoms with Gasteiger partial charge in [0.2, 0.25) is 0 Å². The van der Waals surface area contributed by atoms with Crippen molar-refractivity contribution in [2.45, 2.75) is 69.6 Å². The van der Waals surface area contributed by atoms with E-state index >= 15 is 0 Å². The maximum atomic E-state index is 11.5. The van der Waals surface area contributed by atoms with Gasteiger partial charge < -0.3 is 10.4 Å². The van der Waals surface area contributed by atoms with Crippen LogP contribution in [0.5, 0.6) is 0 Å². The summed E-state index contributed by atoms with van der Waals surface area (Å²) in [5.74, 6) is 0.517. The third kappa shape index (κ3) is 4.47. The molecule has 1 fully saturated rings. The normalized spacial score (nSPS) is 28.2. The Kier molecular flexibility index (Phi) is 7.08. The summed E-state index contributed by atoms with van der Waals surface area (Å²) in [4.78, 5) is 11.5. The van der Waals surface area contributed by atoms with Crippen molar-refractivity contribution < 1.29 is 9.90 Å². The van der Waals surface area contributed by atoms with Crippen molar-refractivity contribution >= 4 is 17.7 Å². The van der Waals surface area contributed by atoms with E-state index in [0.717, 1.165) is 25.8 Å². The molecule has 3 nitrogen and oxygen atoms in total. The van der Waals surface area contributed by atoms with Crippen molar-refractivity contribution in [2.75, 3.05) is 12.3 Å². The van der Waals surface area contributed by atoms with Gasteiger partial charge in [-0.05, 0) is 44.4 Å². The number of hydrogen-bond donors (Lipinski definition) is 2. The Morgan fingerprint density at radius 1 is 1.44 bits per heavy atom. The molecule has 1 aliphatic carbocycles. The summed E-state index contributed by atoms with van der Waals surface area (Å²) in [5, 5.41) is 13.2. The summed E-state index contributed by atoms with van der Waals surface area (Å²) < 4.78 is 0. The van der Waals surface area contributed by atoms with Crippen LogP contribution < -0.4 is 5.32 Å². The number of aliphatic carboxylic acids is 1. The van der Waals surface area contributed by atoms with Crippen LogP contribution in [0.1, 0.15) is 58.8 Å². The minimum atomic E-state index is -0.664. The summed E-state index contributed by atoms with van der Waals surface area (Å²) in [6, 6.07) is 0. The summed E-state index contributed by atoms with van der Waals surface area (Å²) in [7, 11) is 0. The minimum absolute atomic E-state index is 0.519. The highest BCUT2D eigenvalue weighted by Gasteiger charge is 2.42. The van der Waals surface area contributed by atoms with Crippen LogP contribution in [0.25, 0.3) is 0 Å². The Morgan fingerprint density at radius 2 is 2.22 bits per heavy atom. The summed E-state index contributed by atoms with van der Waals surface area (Å²) in [6.45, 7) is 4.94. The van der Waals surface area contributed by atoms with Crippen molar-refractivity contribution in [3.05, 3.63) is 0 Å². The molecule has 1 aliphatic rings. The molecule has 0 saturated heterocycles. The SMILES string of the molecule is CCCCCSC1CCCC(NCC)(C(=O)O)C1. The zero-order valence-electron chi connectivity index (χ0n) is 11.7. The zero-order chi connectivity index (χ0) is 13.4. The van der Waals surface area contributed by atoms with E-state index in [9.17, 15) is 9.90 Å². The Hall–Kier alpha value is -0.220. The van der Waals surface area contributed by atoms with E-state index in [2.05, 4.69) is 12.2 Å². The molecular weight excluding hydrogens is 246 g/mol. The fraction of sp³-hybridized carbons (Fsp3) is 0.929. The number of carboxylic acid groups (broad SMARTS) is 1. The number of carbonyl (C=O) groups is 1. The first kappa shape index (κ1) is 15.8. The van der Waals surface area contributed by atoms with Gasteiger partial charge in [0, 0.05) is 5.25 Å². The lowest BCUT2D eigenvalue weighted by Crippen LogP contribution is -2.55. The van der Waals surface area contributed by atoms with Crippen molar-refractivity contribution in [1.29, 1.82) is 0 Å². The first-order valence-electron chi connectivity index (χ1n) is 7.24. The average Bonchev–Trinajstić information content (AvgIpc) is 2.35. The van der Waals surface area contributed by atoms with Crippen LogP contribution in [0.3, 0.4) is 0 Å². The van der Waals surface area contributed by atoms with E-state index in [0.29, 0.717) is 5.25 Å². The second kappa shape index (κ2) is 8.05. The quantitative estimate of drug-likeness (QED) is 0.666. The molecular formula is C14H27NO2S. The lowest BCUT2D eigenvalue weighted by molar-refractivity contribution is -0.146. The Balaban J connectivity index is 2.45. The monoisotopic (exact) mass is 273 g/mol. The van der Waals surface area contributed by atoms with Gasteiger partial charge in [0.05, 0.1) is 0 Å². The number of hydrogen-bond acceptors (Lipinski definition) is 3. The third-order valence-corrected chi connectivity index (χ3v) is 5.13. The smallest absolute Gasteiger partial charge is 0.323 e. The number of nitrogens with one attached hydrogen (secondary N) is 1. The fourth-order valence-corrected chi connectivity index (χ4v) is 4.18. The van der Waals surface area contributed by atoms with Crippen molar-refractivity contribution in [3.8, 4) is 0 Å². The molecule has 2 N–H and O–H groups in total. The second-order valence-corrected chi connectivity index (χ2v) is 6.62. The summed E-state index contributed by atoms with van der Waals surface area (Å²) in [5.41, 5.74) is -0.657. The number of thioether (sulfide) groups is 1. The van der Waals surface area contributed by atoms with Crippen molar-refractivity contribution in [3.63, 3.8) is 0 Å². The van der Waals surface area contributed by atoms with Crippen LogP contribution in [0.2, 0.25) is 0 Å². The van der Waals surface area contributed by atoms with Gasteiger partial charge in [0.15, 0.2) is 0 Å². The molecule has 0 aromatic rings. The van der Waals surface area contributed by atoms with Crippen molar-refractivity contribution in [2.24, 2.45) is 0 Å². The van der Waals surface area contributed by atoms with Gasteiger partial charge in [0.25, 0.3) is 0 Å². The lowest BCUT2D eigenvalue weighted by Gasteiger charge is -2.38. The molecule has 0 bridgehead atoms. The Morgan fingerprint density at radius 3 is 2.83 bits per heavy atom. The van der Waals surface area contributed by atoms with E-state index in [1.54, 1.807) is 0 Å². The first-order chi connectivity index (χ1) is 8.64. The van der Waals surface area contributed by atoms with Crippen LogP contribution in [-0.4, -0.2) is 34.2 Å². The van der Waals surface area contributed by atoms with Crippen LogP contribution >= 0.6 is 11.8 Å². The molecule has 18 heavy (non-hydrogen) atoms. The molecule has 1 saturated carbocycles. The Labute approximate surface area is 115 Å². The molecule has 0 aromatic heterocycles. The first-order valence-corrected chi connectivity index (χ1v) is 8.29. The van der Waals surface area contributed by atoms with Crippen LogP contribution in [0, 0.1) is 0 Å². The zero-order valence-corrected chi connectivity index (χ0v) is 12.5. The predicted molar refractivity (Wildman–Crippen MR) is 78.3 cm³/mol. The largest absolute Gasteiger partial charge is 0.480 e. The predicted octanol–water partition coefficient (Wildman–Crippen LogP) is 3.29. The fourth-order valence-electron chi connectivity index (χ4n) is 2.74. The molecule has 2 atom stereocenters. The second-order valence-electron chi connectivity index (χ2n) is 5.21. The number of unbranched alkanes of at least 4 members (excludes halogenated alkanes) is 2. The maximum Gasteiger partial charge on any atom is 0.323 e. The number of likely N-dealkylation sites (N-methyl/N-ethyl adjacent to an activating group) is 1. The molecule has 0 aliphatic heterocycles. The molecule has 0 amide bonds. The number of carboxylic acids is 1. The van der Waals surface area contributed by atoms with Gasteiger partial charge in [-0.3, -0.25) is 4.79 Å². The van der Waals surface area contributed by atoms with Gasteiger partial charge in [0.1, 0.15) is 5.54 Å². The summed E-state index contributed by atoms with van der Waals surface area (Å²) in [6.07, 6.45) is 7.58. The maximum absolute atomic E-state index is 11.5. The molecule has 1 rings (SSSR count). The molecule has 0 radical (unpaired) electrons. The molecule has 0 spiro atoms. The van der Waals surface area contributed by atoms with Gasteiger partial charge in [-0.2, -0.15) is 11.8 Å². The van der Waals surface area contributed by atoms with E-state index in [1.807, 2.05) is 18.7 Å². The lowest BCUT2D eigenvalue weighted by atomic mass is 9.81. The van der Waals surface area contributed by atoms with Crippen LogP contribution in [-0.2, 0) is 4.79 Å². The minimum Gasteiger partial charge on any atom is -0.480 e. The van der Waals surface area contributed by atoms with E-state index < -0.39 is 11.5 Å². The molecule has 4 heteroatoms. The van der Waals surface area contributed by atoms with Gasteiger partial charge in [-0.1, -0.05) is 26.7 Å². The number of rotatable bonds is 8. The topological polar surface area (TPSA) is 49.3 Å². The summed E-state index contributed by atoms with van der Waals surface area (Å²) >= 11 is 1.98. The van der Waals surface area contributed by atoms with Crippen molar-refractivity contribution in [1.82, 2.24) is 5.32 Å². The highest BCUT2D eigenvalue weighted by molar-refractivity contribution is 7.99. The van der Waals surface area contributed by atoms with Gasteiger partial charge in [-0.15, -0.1) is 0 Å². The average molecular weight is 273 g/mol. The molecule has 106 valence electrons. The third-order valence-electron chi connectivity index (χ3n) is 3.73. The van der Waals surface area contributed by atoms with E-state index in [-0.39, 0.29) is 0 Å². The Bertz CT molecular complexity index is 256. The van der Waals surface area contributed by atoms with E-state index in [1.165, 1.54) is 31.4 Å².